The van der Waals surface area contributed by atoms with Gasteiger partial charge in [-0.3, -0.25) is 0 Å². The van der Waals surface area contributed by atoms with Gasteiger partial charge in [-0.2, -0.15) is 0 Å². The summed E-state index contributed by atoms with van der Waals surface area (Å²) in [6, 6.07) is 6.72. The summed E-state index contributed by atoms with van der Waals surface area (Å²) in [5, 5.41) is 0. The standard InChI is InChI=1S/C8H10FNS/c9-7-3-1-2-4-8(7)11-6-5-10/h1-4H,5-6,10H2. The van der Waals surface area contributed by atoms with E-state index in [9.17, 15) is 4.39 Å². The Hall–Kier alpha value is -0.540. The topological polar surface area (TPSA) is 26.0 Å². The van der Waals surface area contributed by atoms with Crippen LogP contribution in [0.5, 0.6) is 0 Å². The average molecular weight is 171 g/mol. The highest BCUT2D eigenvalue weighted by Crippen LogP contribution is 2.19. The predicted octanol–water partition coefficient (Wildman–Crippen LogP) is 1.88. The second kappa shape index (κ2) is 4.36. The Bertz CT molecular complexity index is 227. The Labute approximate surface area is 69.8 Å². The summed E-state index contributed by atoms with van der Waals surface area (Å²) in [6.07, 6.45) is 0. The SMILES string of the molecule is NCCSc1ccccc1F. The fourth-order valence-corrected chi connectivity index (χ4v) is 1.45. The lowest BCUT2D eigenvalue weighted by Gasteiger charge is -1.99. The molecule has 3 heteroatoms. The minimum Gasteiger partial charge on any atom is -0.330 e. The third kappa shape index (κ3) is 2.52. The normalized spacial score (nSPS) is 10.0. The summed E-state index contributed by atoms with van der Waals surface area (Å²) >= 11 is 1.45. The number of hydrogen-bond donors (Lipinski definition) is 1. The predicted molar refractivity (Wildman–Crippen MR) is 46.2 cm³/mol. The molecule has 1 rings (SSSR count). The first-order valence-corrected chi connectivity index (χ1v) is 4.40. The quantitative estimate of drug-likeness (QED) is 0.703. The van der Waals surface area contributed by atoms with Crippen molar-refractivity contribution in [3.8, 4) is 0 Å². The summed E-state index contributed by atoms with van der Waals surface area (Å²) in [5.74, 6) is 0.604. The van der Waals surface area contributed by atoms with E-state index in [1.54, 1.807) is 12.1 Å². The van der Waals surface area contributed by atoms with Crippen molar-refractivity contribution in [1.29, 1.82) is 0 Å². The lowest BCUT2D eigenvalue weighted by atomic mass is 10.3. The van der Waals surface area contributed by atoms with Gasteiger partial charge in [-0.1, -0.05) is 12.1 Å². The third-order valence-electron chi connectivity index (χ3n) is 1.21. The summed E-state index contributed by atoms with van der Waals surface area (Å²) < 4.78 is 12.9. The van der Waals surface area contributed by atoms with E-state index in [4.69, 9.17) is 5.73 Å². The first kappa shape index (κ1) is 8.56. The molecule has 2 N–H and O–H groups in total. The Kier molecular flexibility index (Phi) is 3.39. The Morgan fingerprint density at radius 2 is 2.09 bits per heavy atom. The molecular formula is C8H10FNS. The second-order valence-electron chi connectivity index (χ2n) is 2.07. The minimum atomic E-state index is -0.161. The van der Waals surface area contributed by atoms with Gasteiger partial charge in [0.05, 0.1) is 0 Å². The molecule has 0 unspecified atom stereocenters. The van der Waals surface area contributed by atoms with E-state index in [0.717, 1.165) is 5.75 Å². The van der Waals surface area contributed by atoms with E-state index in [1.807, 2.05) is 6.07 Å². The Balaban J connectivity index is 2.62. The van der Waals surface area contributed by atoms with Crippen molar-refractivity contribution in [2.24, 2.45) is 5.73 Å². The van der Waals surface area contributed by atoms with Gasteiger partial charge < -0.3 is 5.73 Å². The summed E-state index contributed by atoms with van der Waals surface area (Å²) in [7, 11) is 0. The lowest BCUT2D eigenvalue weighted by molar-refractivity contribution is 0.602. The molecule has 1 nitrogen and oxygen atoms in total. The maximum Gasteiger partial charge on any atom is 0.136 e. The van der Waals surface area contributed by atoms with Gasteiger partial charge >= 0.3 is 0 Å². The van der Waals surface area contributed by atoms with Gasteiger partial charge in [0.15, 0.2) is 0 Å². The van der Waals surface area contributed by atoms with Crippen LogP contribution in [0.25, 0.3) is 0 Å². The average Bonchev–Trinajstić information content (AvgIpc) is 2.03. The molecular weight excluding hydrogens is 161 g/mol. The second-order valence-corrected chi connectivity index (χ2v) is 3.20. The highest BCUT2D eigenvalue weighted by Gasteiger charge is 1.98. The van der Waals surface area contributed by atoms with Crippen LogP contribution in [0.4, 0.5) is 4.39 Å². The Morgan fingerprint density at radius 3 is 2.73 bits per heavy atom. The van der Waals surface area contributed by atoms with E-state index >= 15 is 0 Å². The van der Waals surface area contributed by atoms with E-state index in [-0.39, 0.29) is 5.82 Å². The van der Waals surface area contributed by atoms with Crippen LogP contribution < -0.4 is 5.73 Å². The molecule has 11 heavy (non-hydrogen) atoms. The van der Waals surface area contributed by atoms with Crippen molar-refractivity contribution in [3.05, 3.63) is 30.1 Å². The van der Waals surface area contributed by atoms with Crippen molar-refractivity contribution in [3.63, 3.8) is 0 Å². The number of hydrogen-bond acceptors (Lipinski definition) is 2. The molecule has 0 radical (unpaired) electrons. The van der Waals surface area contributed by atoms with E-state index < -0.39 is 0 Å². The van der Waals surface area contributed by atoms with Gasteiger partial charge in [-0.05, 0) is 12.1 Å². The zero-order chi connectivity index (χ0) is 8.10. The van der Waals surface area contributed by atoms with Crippen LogP contribution in [-0.2, 0) is 0 Å². The van der Waals surface area contributed by atoms with Crippen LogP contribution in [-0.4, -0.2) is 12.3 Å². The smallest absolute Gasteiger partial charge is 0.136 e. The number of thioether (sulfide) groups is 1. The molecule has 0 aliphatic heterocycles. The Morgan fingerprint density at radius 1 is 1.36 bits per heavy atom. The fourth-order valence-electron chi connectivity index (χ4n) is 0.731. The van der Waals surface area contributed by atoms with Crippen molar-refractivity contribution in [2.75, 3.05) is 12.3 Å². The molecule has 1 aromatic carbocycles. The number of nitrogens with two attached hydrogens (primary N) is 1. The van der Waals surface area contributed by atoms with Crippen LogP contribution in [0.15, 0.2) is 29.2 Å². The molecule has 0 heterocycles. The lowest BCUT2D eigenvalue weighted by Crippen LogP contribution is -2.01. The van der Waals surface area contributed by atoms with E-state index in [1.165, 1.54) is 17.8 Å². The number of rotatable bonds is 3. The minimum absolute atomic E-state index is 0.161. The number of halogens is 1. The zero-order valence-electron chi connectivity index (χ0n) is 6.09. The highest BCUT2D eigenvalue weighted by atomic mass is 32.2. The van der Waals surface area contributed by atoms with Crippen LogP contribution in [0.3, 0.4) is 0 Å². The van der Waals surface area contributed by atoms with Crippen molar-refractivity contribution >= 4 is 11.8 Å². The molecule has 0 bridgehead atoms. The molecule has 0 atom stereocenters. The molecule has 0 saturated heterocycles. The molecule has 1 aromatic rings. The molecule has 0 aliphatic rings. The third-order valence-corrected chi connectivity index (χ3v) is 2.29. The molecule has 60 valence electrons. The summed E-state index contributed by atoms with van der Waals surface area (Å²) in [6.45, 7) is 0.582. The maximum absolute atomic E-state index is 12.9. The van der Waals surface area contributed by atoms with Crippen molar-refractivity contribution in [1.82, 2.24) is 0 Å². The van der Waals surface area contributed by atoms with Gasteiger partial charge in [0.2, 0.25) is 0 Å². The van der Waals surface area contributed by atoms with Gasteiger partial charge in [0.1, 0.15) is 5.82 Å². The summed E-state index contributed by atoms with van der Waals surface area (Å²) in [5.41, 5.74) is 5.28. The van der Waals surface area contributed by atoms with Crippen LogP contribution in [0.2, 0.25) is 0 Å². The van der Waals surface area contributed by atoms with Crippen molar-refractivity contribution < 1.29 is 4.39 Å². The van der Waals surface area contributed by atoms with Gasteiger partial charge in [0, 0.05) is 17.2 Å². The van der Waals surface area contributed by atoms with Gasteiger partial charge in [-0.25, -0.2) is 4.39 Å². The van der Waals surface area contributed by atoms with Crippen LogP contribution in [0, 0.1) is 5.82 Å². The van der Waals surface area contributed by atoms with Gasteiger partial charge in [-0.15, -0.1) is 11.8 Å². The molecule has 0 aliphatic carbocycles. The van der Waals surface area contributed by atoms with E-state index in [0.29, 0.717) is 11.4 Å². The highest BCUT2D eigenvalue weighted by molar-refractivity contribution is 7.99. The molecule has 0 fully saturated rings. The maximum atomic E-state index is 12.9. The fraction of sp³-hybridized carbons (Fsp3) is 0.250. The number of benzene rings is 1. The monoisotopic (exact) mass is 171 g/mol. The van der Waals surface area contributed by atoms with Crippen LogP contribution >= 0.6 is 11.8 Å². The first-order valence-electron chi connectivity index (χ1n) is 3.42. The van der Waals surface area contributed by atoms with Gasteiger partial charge in [0.25, 0.3) is 0 Å². The first-order chi connectivity index (χ1) is 5.34. The van der Waals surface area contributed by atoms with Crippen LogP contribution in [0.1, 0.15) is 0 Å². The molecule has 0 amide bonds. The summed E-state index contributed by atoms with van der Waals surface area (Å²) in [4.78, 5) is 0.679. The van der Waals surface area contributed by atoms with Crippen molar-refractivity contribution in [2.45, 2.75) is 4.90 Å². The largest absolute Gasteiger partial charge is 0.330 e. The molecule has 0 saturated carbocycles. The molecule has 0 spiro atoms. The molecule has 0 aromatic heterocycles. The zero-order valence-corrected chi connectivity index (χ0v) is 6.90. The van der Waals surface area contributed by atoms with E-state index in [2.05, 4.69) is 0 Å².